The van der Waals surface area contributed by atoms with Crippen LogP contribution in [0.15, 0.2) is 77.8 Å². The number of nitrogens with zero attached hydrogens (tertiary/aromatic N) is 3. The molecule has 268 valence electrons. The van der Waals surface area contributed by atoms with Crippen molar-refractivity contribution >= 4 is 40.5 Å². The van der Waals surface area contributed by atoms with E-state index in [2.05, 4.69) is 29.1 Å². The summed E-state index contributed by atoms with van der Waals surface area (Å²) in [6, 6.07) is 19.1. The van der Waals surface area contributed by atoms with Crippen molar-refractivity contribution < 1.29 is 24.2 Å². The summed E-state index contributed by atoms with van der Waals surface area (Å²) in [7, 11) is 1.75. The van der Waals surface area contributed by atoms with E-state index in [1.54, 1.807) is 35.0 Å². The Morgan fingerprint density at radius 1 is 0.920 bits per heavy atom. The number of benzene rings is 2. The van der Waals surface area contributed by atoms with Gasteiger partial charge in [0, 0.05) is 42.9 Å². The Balaban J connectivity index is 1.46. The fourth-order valence-electron chi connectivity index (χ4n) is 5.85. The first-order chi connectivity index (χ1) is 24.0. The summed E-state index contributed by atoms with van der Waals surface area (Å²) >= 11 is 3.01. The highest BCUT2D eigenvalue weighted by Gasteiger charge is 2.31. The highest BCUT2D eigenvalue weighted by atomic mass is 32.1. The van der Waals surface area contributed by atoms with E-state index >= 15 is 0 Å². The van der Waals surface area contributed by atoms with Crippen LogP contribution >= 0.6 is 22.7 Å². The van der Waals surface area contributed by atoms with Gasteiger partial charge < -0.3 is 20.1 Å². The van der Waals surface area contributed by atoms with Gasteiger partial charge in [-0.25, -0.2) is 4.98 Å². The molecular formula is C39H50N4O5S2. The highest BCUT2D eigenvalue weighted by Crippen LogP contribution is 2.25. The topological polar surface area (TPSA) is 122 Å². The molecule has 2 aromatic carbocycles. The van der Waals surface area contributed by atoms with Crippen molar-refractivity contribution in [2.75, 3.05) is 7.05 Å². The molecule has 9 nitrogen and oxygen atoms in total. The van der Waals surface area contributed by atoms with Crippen LogP contribution in [0.25, 0.3) is 0 Å². The van der Waals surface area contributed by atoms with Crippen molar-refractivity contribution in [3.8, 4) is 0 Å². The van der Waals surface area contributed by atoms with Gasteiger partial charge in [0.15, 0.2) is 0 Å². The maximum atomic E-state index is 13.9. The molecular weight excluding hydrogens is 669 g/mol. The van der Waals surface area contributed by atoms with E-state index in [1.165, 1.54) is 11.3 Å². The SMILES string of the molecule is CC(C)c1nc(CN(C)C(=O)CC(C(=O)NC(Cc2ccccc2)CC(O)C(CC(=O)OCc2cncs2)Cc2ccccc2)C(C)C)cs1. The minimum absolute atomic E-state index is 0.0218. The molecule has 4 aromatic rings. The number of thiazole rings is 2. The van der Waals surface area contributed by atoms with Crippen molar-refractivity contribution in [1.82, 2.24) is 20.2 Å². The van der Waals surface area contributed by atoms with E-state index in [0.717, 1.165) is 26.7 Å². The molecule has 0 aliphatic heterocycles. The van der Waals surface area contributed by atoms with Crippen LogP contribution in [-0.4, -0.2) is 57.0 Å². The second-order valence-electron chi connectivity index (χ2n) is 13.6. The molecule has 0 radical (unpaired) electrons. The lowest BCUT2D eigenvalue weighted by Crippen LogP contribution is -2.45. The first-order valence-electron chi connectivity index (χ1n) is 17.3. The van der Waals surface area contributed by atoms with Gasteiger partial charge in [-0.1, -0.05) is 88.4 Å². The normalized spacial score (nSPS) is 13.8. The molecule has 11 heteroatoms. The van der Waals surface area contributed by atoms with Gasteiger partial charge in [0.1, 0.15) is 6.61 Å². The van der Waals surface area contributed by atoms with Gasteiger partial charge in [0.2, 0.25) is 11.8 Å². The molecule has 0 saturated carbocycles. The minimum Gasteiger partial charge on any atom is -0.460 e. The number of carbonyl (C=O) groups excluding carboxylic acids is 3. The monoisotopic (exact) mass is 718 g/mol. The van der Waals surface area contributed by atoms with Gasteiger partial charge in [-0.05, 0) is 42.2 Å². The number of aliphatic hydroxyl groups excluding tert-OH is 1. The molecule has 2 heterocycles. The Morgan fingerprint density at radius 2 is 1.58 bits per heavy atom. The molecule has 4 unspecified atom stereocenters. The van der Waals surface area contributed by atoms with Gasteiger partial charge in [0.25, 0.3) is 0 Å². The Morgan fingerprint density at radius 3 is 2.16 bits per heavy atom. The molecule has 4 rings (SSSR count). The van der Waals surface area contributed by atoms with Gasteiger partial charge in [-0.15, -0.1) is 22.7 Å². The summed E-state index contributed by atoms with van der Waals surface area (Å²) in [5, 5.41) is 18.0. The average Bonchev–Trinajstić information content (AvgIpc) is 3.79. The largest absolute Gasteiger partial charge is 0.460 e. The maximum absolute atomic E-state index is 13.9. The lowest BCUT2D eigenvalue weighted by Gasteiger charge is -2.30. The molecule has 50 heavy (non-hydrogen) atoms. The van der Waals surface area contributed by atoms with Crippen molar-refractivity contribution in [2.45, 2.75) is 91.0 Å². The quantitative estimate of drug-likeness (QED) is 0.102. The smallest absolute Gasteiger partial charge is 0.306 e. The first-order valence-corrected chi connectivity index (χ1v) is 19.0. The highest BCUT2D eigenvalue weighted by molar-refractivity contribution is 7.09. The summed E-state index contributed by atoms with van der Waals surface area (Å²) in [6.07, 6.45) is 2.01. The van der Waals surface area contributed by atoms with Crippen LogP contribution in [0.5, 0.6) is 0 Å². The molecule has 0 fully saturated rings. The summed E-state index contributed by atoms with van der Waals surface area (Å²) in [6.45, 7) is 8.60. The Kier molecular flexibility index (Phi) is 15.1. The number of ether oxygens (including phenoxy) is 1. The zero-order valence-corrected chi connectivity index (χ0v) is 31.3. The fourth-order valence-corrected chi connectivity index (χ4v) is 7.18. The Hall–Kier alpha value is -3.93. The molecule has 0 aliphatic rings. The summed E-state index contributed by atoms with van der Waals surface area (Å²) in [5.41, 5.74) is 4.54. The number of hydrogen-bond donors (Lipinski definition) is 2. The van der Waals surface area contributed by atoms with Crippen LogP contribution in [0, 0.1) is 17.8 Å². The number of amides is 2. The third-order valence-corrected chi connectivity index (χ3v) is 10.7. The zero-order chi connectivity index (χ0) is 36.0. The van der Waals surface area contributed by atoms with Crippen LogP contribution in [0.4, 0.5) is 0 Å². The standard InChI is InChI=1S/C39H50N4O5S2/c1-26(2)34(20-36(45)43(5)22-32-24-49-39(42-32)27(3)4)38(47)41-31(17-29-14-10-7-11-15-29)19-35(44)30(16-28-12-8-6-9-13-28)18-37(46)48-23-33-21-40-25-50-33/h6-15,21,24-27,30-31,34-35,44H,16-20,22-23H2,1-5H3,(H,41,47). The lowest BCUT2D eigenvalue weighted by atomic mass is 9.86. The molecule has 0 saturated heterocycles. The average molecular weight is 719 g/mol. The Bertz CT molecular complexity index is 1610. The lowest BCUT2D eigenvalue weighted by molar-refractivity contribution is -0.147. The van der Waals surface area contributed by atoms with Crippen LogP contribution < -0.4 is 5.32 Å². The molecule has 0 aliphatic carbocycles. The molecule has 4 atom stereocenters. The molecule has 0 bridgehead atoms. The molecule has 2 N–H and O–H groups in total. The van der Waals surface area contributed by atoms with Crippen LogP contribution in [-0.2, 0) is 45.1 Å². The summed E-state index contributed by atoms with van der Waals surface area (Å²) in [5.74, 6) is -1.54. The number of nitrogens with one attached hydrogen (secondary N) is 1. The molecule has 0 spiro atoms. The maximum Gasteiger partial charge on any atom is 0.306 e. The van der Waals surface area contributed by atoms with Crippen LogP contribution in [0.1, 0.15) is 79.6 Å². The Labute approximate surface area is 304 Å². The van der Waals surface area contributed by atoms with E-state index in [4.69, 9.17) is 4.74 Å². The van der Waals surface area contributed by atoms with E-state index < -0.39 is 30.0 Å². The number of rotatable bonds is 19. The van der Waals surface area contributed by atoms with Crippen LogP contribution in [0.2, 0.25) is 0 Å². The van der Waals surface area contributed by atoms with Crippen molar-refractivity contribution in [1.29, 1.82) is 0 Å². The predicted molar refractivity (Wildman–Crippen MR) is 198 cm³/mol. The molecule has 2 aromatic heterocycles. The van der Waals surface area contributed by atoms with E-state index in [1.807, 2.05) is 79.9 Å². The fraction of sp³-hybridized carbons (Fsp3) is 0.462. The van der Waals surface area contributed by atoms with Gasteiger partial charge in [-0.2, -0.15) is 0 Å². The van der Waals surface area contributed by atoms with Crippen molar-refractivity contribution in [3.05, 3.63) is 104 Å². The predicted octanol–water partition coefficient (Wildman–Crippen LogP) is 6.81. The van der Waals surface area contributed by atoms with E-state index in [0.29, 0.717) is 25.3 Å². The number of carbonyl (C=O) groups is 3. The van der Waals surface area contributed by atoms with Gasteiger partial charge >= 0.3 is 5.97 Å². The van der Waals surface area contributed by atoms with Gasteiger partial charge in [0.05, 0.1) is 40.2 Å². The van der Waals surface area contributed by atoms with E-state index in [9.17, 15) is 19.5 Å². The number of aliphatic hydroxyl groups is 1. The van der Waals surface area contributed by atoms with Crippen molar-refractivity contribution in [2.24, 2.45) is 17.8 Å². The summed E-state index contributed by atoms with van der Waals surface area (Å²) in [4.78, 5) is 51.5. The number of esters is 1. The minimum atomic E-state index is -0.917. The number of hydrogen-bond acceptors (Lipinski definition) is 9. The second-order valence-corrected chi connectivity index (χ2v) is 15.5. The third kappa shape index (κ3) is 12.4. The zero-order valence-electron chi connectivity index (χ0n) is 29.7. The first kappa shape index (κ1) is 38.9. The summed E-state index contributed by atoms with van der Waals surface area (Å²) < 4.78 is 5.54. The second kappa shape index (κ2) is 19.5. The van der Waals surface area contributed by atoms with E-state index in [-0.39, 0.29) is 43.6 Å². The van der Waals surface area contributed by atoms with Crippen LogP contribution in [0.3, 0.4) is 0 Å². The van der Waals surface area contributed by atoms with Gasteiger partial charge in [-0.3, -0.25) is 19.4 Å². The number of aromatic nitrogens is 2. The van der Waals surface area contributed by atoms with Crippen molar-refractivity contribution in [3.63, 3.8) is 0 Å². The molecule has 2 amide bonds. The third-order valence-electron chi connectivity index (χ3n) is 8.79.